The molecule has 4 unspecified atom stereocenters. The highest BCUT2D eigenvalue weighted by Gasteiger charge is 2.51. The highest BCUT2D eigenvalue weighted by Crippen LogP contribution is 2.48. The molecule has 4 atom stereocenters. The van der Waals surface area contributed by atoms with E-state index in [1.54, 1.807) is 7.11 Å². The number of allylic oxidation sites excluding steroid dienone is 2. The molecule has 0 aliphatic heterocycles. The van der Waals surface area contributed by atoms with Crippen LogP contribution in [0, 0.1) is 23.7 Å². The molecule has 24 heavy (non-hydrogen) atoms. The number of fused-ring (bicyclic) bond motifs is 3. The van der Waals surface area contributed by atoms with Crippen molar-refractivity contribution in [1.29, 1.82) is 0 Å². The Bertz CT molecular complexity index is 859. The summed E-state index contributed by atoms with van der Waals surface area (Å²) in [6, 6.07) is 5.54. The molecule has 2 aliphatic rings. The molecule has 2 aromatic rings. The van der Waals surface area contributed by atoms with E-state index in [0.29, 0.717) is 10.9 Å². The van der Waals surface area contributed by atoms with E-state index in [9.17, 15) is 14.7 Å². The van der Waals surface area contributed by atoms with Crippen molar-refractivity contribution in [2.24, 2.45) is 23.7 Å². The molecule has 2 N–H and O–H groups in total. The first-order chi connectivity index (χ1) is 11.6. The summed E-state index contributed by atoms with van der Waals surface area (Å²) in [5, 5.41) is 12.7. The van der Waals surface area contributed by atoms with Crippen LogP contribution in [0.15, 0.2) is 30.4 Å². The number of thiazole rings is 1. The number of aliphatic carboxylic acids is 1. The normalized spacial score (nSPS) is 27.5. The van der Waals surface area contributed by atoms with E-state index in [1.165, 1.54) is 11.3 Å². The van der Waals surface area contributed by atoms with Gasteiger partial charge in [0.15, 0.2) is 5.13 Å². The number of ether oxygens (including phenoxy) is 1. The zero-order chi connectivity index (χ0) is 16.8. The van der Waals surface area contributed by atoms with Crippen LogP contribution < -0.4 is 10.1 Å². The number of carbonyl (C=O) groups excluding carboxylic acids is 1. The molecule has 1 saturated carbocycles. The van der Waals surface area contributed by atoms with Crippen LogP contribution in [0.2, 0.25) is 0 Å². The van der Waals surface area contributed by atoms with Crippen LogP contribution in [-0.4, -0.2) is 29.1 Å². The molecule has 1 fully saturated rings. The lowest BCUT2D eigenvalue weighted by atomic mass is 9.82. The van der Waals surface area contributed by atoms with Gasteiger partial charge in [0.05, 0.1) is 29.2 Å². The molecule has 2 bridgehead atoms. The second-order valence-electron chi connectivity index (χ2n) is 6.18. The van der Waals surface area contributed by atoms with E-state index in [0.717, 1.165) is 16.6 Å². The van der Waals surface area contributed by atoms with Crippen molar-refractivity contribution in [2.45, 2.75) is 6.42 Å². The van der Waals surface area contributed by atoms with Crippen LogP contribution in [0.5, 0.6) is 5.75 Å². The number of nitrogens with zero attached hydrogens (tertiary/aromatic N) is 1. The van der Waals surface area contributed by atoms with Gasteiger partial charge >= 0.3 is 5.97 Å². The number of rotatable bonds is 4. The van der Waals surface area contributed by atoms with E-state index in [1.807, 2.05) is 30.4 Å². The van der Waals surface area contributed by atoms with Crippen molar-refractivity contribution >= 4 is 38.6 Å². The number of carboxylic acids is 1. The fraction of sp³-hybridized carbons (Fsp3) is 0.353. The molecule has 7 heteroatoms. The van der Waals surface area contributed by atoms with Crippen molar-refractivity contribution in [3.05, 3.63) is 30.4 Å². The molecule has 0 spiro atoms. The molecule has 2 aliphatic carbocycles. The Balaban J connectivity index is 1.57. The van der Waals surface area contributed by atoms with Crippen LogP contribution in [0.3, 0.4) is 0 Å². The topological polar surface area (TPSA) is 88.5 Å². The highest BCUT2D eigenvalue weighted by atomic mass is 32.1. The summed E-state index contributed by atoms with van der Waals surface area (Å²) in [6.07, 6.45) is 4.64. The number of nitrogens with one attached hydrogen (secondary N) is 1. The minimum atomic E-state index is -0.902. The summed E-state index contributed by atoms with van der Waals surface area (Å²) < 4.78 is 6.11. The molecular formula is C17H16N2O4S. The van der Waals surface area contributed by atoms with E-state index in [4.69, 9.17) is 4.74 Å². The van der Waals surface area contributed by atoms with Gasteiger partial charge in [-0.2, -0.15) is 0 Å². The third-order valence-corrected chi connectivity index (χ3v) is 5.82. The zero-order valence-electron chi connectivity index (χ0n) is 12.9. The van der Waals surface area contributed by atoms with Gasteiger partial charge in [-0.25, -0.2) is 4.98 Å². The molecule has 6 nitrogen and oxygen atoms in total. The number of aromatic nitrogens is 1. The van der Waals surface area contributed by atoms with Crippen LogP contribution in [0.4, 0.5) is 5.13 Å². The molecule has 0 saturated heterocycles. The van der Waals surface area contributed by atoms with Gasteiger partial charge in [-0.1, -0.05) is 23.5 Å². The average Bonchev–Trinajstić information content (AvgIpc) is 3.26. The van der Waals surface area contributed by atoms with Crippen LogP contribution in [0.25, 0.3) is 10.2 Å². The number of hydrogen-bond donors (Lipinski definition) is 2. The lowest BCUT2D eigenvalue weighted by Crippen LogP contribution is -2.36. The Morgan fingerprint density at radius 1 is 1.29 bits per heavy atom. The Morgan fingerprint density at radius 3 is 2.75 bits per heavy atom. The van der Waals surface area contributed by atoms with Gasteiger partial charge in [0, 0.05) is 6.07 Å². The van der Waals surface area contributed by atoms with Crippen LogP contribution >= 0.6 is 11.3 Å². The molecule has 4 rings (SSSR count). The number of carbonyl (C=O) groups is 2. The Hall–Kier alpha value is -2.41. The fourth-order valence-electron chi connectivity index (χ4n) is 3.79. The molecule has 124 valence electrons. The van der Waals surface area contributed by atoms with Crippen LogP contribution in [-0.2, 0) is 9.59 Å². The van der Waals surface area contributed by atoms with Crippen LogP contribution in [0.1, 0.15) is 6.42 Å². The molecule has 1 aromatic heterocycles. The van der Waals surface area contributed by atoms with Gasteiger partial charge in [-0.05, 0) is 30.4 Å². The van der Waals surface area contributed by atoms with Crippen molar-refractivity contribution in [3.8, 4) is 5.75 Å². The third-order valence-electron chi connectivity index (χ3n) is 4.87. The first-order valence-electron chi connectivity index (χ1n) is 7.73. The van der Waals surface area contributed by atoms with E-state index >= 15 is 0 Å². The summed E-state index contributed by atoms with van der Waals surface area (Å²) in [7, 11) is 1.59. The number of benzene rings is 1. The average molecular weight is 344 g/mol. The predicted octanol–water partition coefficient (Wildman–Crippen LogP) is 2.77. The summed E-state index contributed by atoms with van der Waals surface area (Å²) >= 11 is 1.37. The lowest BCUT2D eigenvalue weighted by molar-refractivity contribution is -0.146. The molecule has 1 amide bonds. The van der Waals surface area contributed by atoms with E-state index < -0.39 is 17.8 Å². The highest BCUT2D eigenvalue weighted by molar-refractivity contribution is 7.22. The summed E-state index contributed by atoms with van der Waals surface area (Å²) in [5.41, 5.74) is 0.747. The van der Waals surface area contributed by atoms with Gasteiger partial charge in [0.1, 0.15) is 5.75 Å². The fourth-order valence-corrected chi connectivity index (χ4v) is 4.64. The maximum absolute atomic E-state index is 12.7. The first-order valence-corrected chi connectivity index (χ1v) is 8.55. The second kappa shape index (κ2) is 5.59. The van der Waals surface area contributed by atoms with Crippen molar-refractivity contribution in [1.82, 2.24) is 4.98 Å². The maximum atomic E-state index is 12.7. The largest absolute Gasteiger partial charge is 0.497 e. The monoisotopic (exact) mass is 344 g/mol. The standard InChI is InChI=1S/C17H16N2O4S/c1-23-10-4-5-12-11(7-10)18-17(24-12)19-15(20)13-8-2-3-9(6-8)14(13)16(21)22/h2-5,7-9,13-14H,6H2,1H3,(H,21,22)(H,18,19,20). The molecular weight excluding hydrogens is 328 g/mol. The number of hydrogen-bond acceptors (Lipinski definition) is 5. The number of amides is 1. The predicted molar refractivity (Wildman–Crippen MR) is 90.2 cm³/mol. The second-order valence-corrected chi connectivity index (χ2v) is 7.21. The summed E-state index contributed by atoms with van der Waals surface area (Å²) in [4.78, 5) is 28.6. The minimum absolute atomic E-state index is 0.00516. The molecule has 1 heterocycles. The SMILES string of the molecule is COc1ccc2sc(NC(=O)C3C4C=CC(C4)C3C(=O)O)nc2c1. The Morgan fingerprint density at radius 2 is 2.04 bits per heavy atom. The maximum Gasteiger partial charge on any atom is 0.307 e. The smallest absolute Gasteiger partial charge is 0.307 e. The van der Waals surface area contributed by atoms with E-state index in [2.05, 4.69) is 10.3 Å². The number of methoxy groups -OCH3 is 1. The van der Waals surface area contributed by atoms with Gasteiger partial charge < -0.3 is 15.2 Å². The van der Waals surface area contributed by atoms with Gasteiger partial charge in [-0.15, -0.1) is 0 Å². The summed E-state index contributed by atoms with van der Waals surface area (Å²) in [6.45, 7) is 0. The van der Waals surface area contributed by atoms with Crippen molar-refractivity contribution < 1.29 is 19.4 Å². The third kappa shape index (κ3) is 2.36. The lowest BCUT2D eigenvalue weighted by Gasteiger charge is -2.23. The minimum Gasteiger partial charge on any atom is -0.497 e. The molecule has 1 aromatic carbocycles. The Kier molecular flexibility index (Phi) is 3.53. The van der Waals surface area contributed by atoms with Crippen molar-refractivity contribution in [2.75, 3.05) is 12.4 Å². The zero-order valence-corrected chi connectivity index (χ0v) is 13.7. The first kappa shape index (κ1) is 15.1. The number of anilines is 1. The quantitative estimate of drug-likeness (QED) is 0.833. The summed E-state index contributed by atoms with van der Waals surface area (Å²) in [5.74, 6) is -1.66. The molecule has 0 radical (unpaired) electrons. The Labute approximate surface area is 142 Å². The van der Waals surface area contributed by atoms with Gasteiger partial charge in [0.2, 0.25) is 5.91 Å². The van der Waals surface area contributed by atoms with Crippen molar-refractivity contribution in [3.63, 3.8) is 0 Å². The number of carboxylic acid groups (broad SMARTS) is 1. The van der Waals surface area contributed by atoms with E-state index in [-0.39, 0.29) is 17.7 Å². The van der Waals surface area contributed by atoms with Gasteiger partial charge in [-0.3, -0.25) is 9.59 Å². The van der Waals surface area contributed by atoms with Gasteiger partial charge in [0.25, 0.3) is 0 Å².